The van der Waals surface area contributed by atoms with Crippen LogP contribution >= 0.6 is 15.9 Å². The minimum atomic E-state index is -0.277. The number of carbonyl (C=O) groups is 1. The molecule has 1 aliphatic heterocycles. The van der Waals surface area contributed by atoms with Gasteiger partial charge in [-0.05, 0) is 19.1 Å². The monoisotopic (exact) mass is 298 g/mol. The van der Waals surface area contributed by atoms with E-state index in [0.717, 1.165) is 11.8 Å². The Labute approximate surface area is 109 Å². The summed E-state index contributed by atoms with van der Waals surface area (Å²) in [4.78, 5) is 11.9. The number of carbonyl (C=O) groups excluding carboxylic acids is 1. The minimum Gasteiger partial charge on any atom is -0.456 e. The Kier molecular flexibility index (Phi) is 4.18. The molecule has 0 saturated carbocycles. The second-order valence-electron chi connectivity index (χ2n) is 4.16. The number of esters is 1. The van der Waals surface area contributed by atoms with E-state index in [1.807, 2.05) is 25.1 Å². The van der Waals surface area contributed by atoms with E-state index in [0.29, 0.717) is 5.56 Å². The fourth-order valence-electron chi connectivity index (χ4n) is 1.92. The van der Waals surface area contributed by atoms with Gasteiger partial charge in [-0.15, -0.1) is 0 Å². The van der Waals surface area contributed by atoms with Crippen molar-refractivity contribution in [1.82, 2.24) is 0 Å². The molecular weight excluding hydrogens is 284 g/mol. The summed E-state index contributed by atoms with van der Waals surface area (Å²) in [5.41, 5.74) is 0.585. The van der Waals surface area contributed by atoms with Crippen molar-refractivity contribution >= 4 is 21.9 Å². The molecule has 4 heteroatoms. The van der Waals surface area contributed by atoms with E-state index in [1.54, 1.807) is 12.1 Å². The van der Waals surface area contributed by atoms with Gasteiger partial charge in [0.15, 0.2) is 0 Å². The van der Waals surface area contributed by atoms with Gasteiger partial charge in [0.25, 0.3) is 0 Å². The second kappa shape index (κ2) is 5.65. The highest BCUT2D eigenvalue weighted by Crippen LogP contribution is 2.25. The normalized spacial score (nSPS) is 28.0. The maximum atomic E-state index is 11.9. The molecule has 1 saturated heterocycles. The summed E-state index contributed by atoms with van der Waals surface area (Å²) in [6, 6.07) is 9.04. The van der Waals surface area contributed by atoms with E-state index in [-0.39, 0.29) is 24.3 Å². The lowest BCUT2D eigenvalue weighted by molar-refractivity contribution is -0.000699. The van der Waals surface area contributed by atoms with Crippen LogP contribution in [0.5, 0.6) is 0 Å². The first-order chi connectivity index (χ1) is 8.20. The average Bonchev–Trinajstić information content (AvgIpc) is 2.71. The highest BCUT2D eigenvalue weighted by Gasteiger charge is 2.34. The van der Waals surface area contributed by atoms with Crippen molar-refractivity contribution in [3.63, 3.8) is 0 Å². The largest absolute Gasteiger partial charge is 0.456 e. The predicted molar refractivity (Wildman–Crippen MR) is 68.4 cm³/mol. The molecule has 17 heavy (non-hydrogen) atoms. The fraction of sp³-hybridized carbons (Fsp3) is 0.462. The maximum absolute atomic E-state index is 11.9. The van der Waals surface area contributed by atoms with Gasteiger partial charge in [0.2, 0.25) is 0 Å². The van der Waals surface area contributed by atoms with Crippen molar-refractivity contribution in [2.45, 2.75) is 31.7 Å². The molecule has 0 bridgehead atoms. The van der Waals surface area contributed by atoms with Gasteiger partial charge in [0, 0.05) is 11.8 Å². The summed E-state index contributed by atoms with van der Waals surface area (Å²) in [5.74, 6) is -0.277. The van der Waals surface area contributed by atoms with Crippen LogP contribution in [0.25, 0.3) is 0 Å². The smallest absolute Gasteiger partial charge is 0.338 e. The molecule has 3 atom stereocenters. The molecule has 0 N–H and O–H groups in total. The molecule has 0 aromatic heterocycles. The highest BCUT2D eigenvalue weighted by atomic mass is 79.9. The Morgan fingerprint density at radius 3 is 2.76 bits per heavy atom. The molecule has 3 nitrogen and oxygen atoms in total. The van der Waals surface area contributed by atoms with Gasteiger partial charge >= 0.3 is 5.97 Å². The van der Waals surface area contributed by atoms with Crippen LogP contribution < -0.4 is 0 Å². The third-order valence-electron chi connectivity index (χ3n) is 2.87. The SMILES string of the molecule is C[C@@H]1O[C@H](CBr)C[C@H]1OC(=O)c1ccccc1. The summed E-state index contributed by atoms with van der Waals surface area (Å²) in [6.45, 7) is 1.94. The Hall–Kier alpha value is -0.870. The van der Waals surface area contributed by atoms with Gasteiger partial charge in [-0.1, -0.05) is 34.1 Å². The van der Waals surface area contributed by atoms with Crippen LogP contribution in [0.2, 0.25) is 0 Å². The van der Waals surface area contributed by atoms with E-state index >= 15 is 0 Å². The molecule has 0 amide bonds. The Morgan fingerprint density at radius 2 is 2.18 bits per heavy atom. The van der Waals surface area contributed by atoms with E-state index in [9.17, 15) is 4.79 Å². The predicted octanol–water partition coefficient (Wildman–Crippen LogP) is 2.78. The van der Waals surface area contributed by atoms with E-state index in [4.69, 9.17) is 9.47 Å². The standard InChI is InChI=1S/C13H15BrO3/c1-9-12(7-11(8-14)16-9)17-13(15)10-5-3-2-4-6-10/h2-6,9,11-12H,7-8H2,1H3/t9-,11-,12+/m0/s1. The van der Waals surface area contributed by atoms with Crippen molar-refractivity contribution in [1.29, 1.82) is 0 Å². The van der Waals surface area contributed by atoms with Crippen molar-refractivity contribution in [3.05, 3.63) is 35.9 Å². The third kappa shape index (κ3) is 3.07. The van der Waals surface area contributed by atoms with Crippen LogP contribution in [0.4, 0.5) is 0 Å². The molecule has 1 aliphatic rings. The van der Waals surface area contributed by atoms with E-state index in [2.05, 4.69) is 15.9 Å². The summed E-state index contributed by atoms with van der Waals surface area (Å²) in [7, 11) is 0. The fourth-order valence-corrected chi connectivity index (χ4v) is 2.34. The van der Waals surface area contributed by atoms with Crippen molar-refractivity contribution in [2.24, 2.45) is 0 Å². The van der Waals surface area contributed by atoms with Gasteiger partial charge < -0.3 is 9.47 Å². The van der Waals surface area contributed by atoms with Crippen molar-refractivity contribution < 1.29 is 14.3 Å². The number of ether oxygens (including phenoxy) is 2. The van der Waals surface area contributed by atoms with E-state index < -0.39 is 0 Å². The molecule has 0 radical (unpaired) electrons. The van der Waals surface area contributed by atoms with Crippen LogP contribution in [-0.4, -0.2) is 29.6 Å². The lowest BCUT2D eigenvalue weighted by atomic mass is 10.1. The second-order valence-corrected chi connectivity index (χ2v) is 4.81. The van der Waals surface area contributed by atoms with Gasteiger partial charge in [-0.3, -0.25) is 0 Å². The summed E-state index contributed by atoms with van der Waals surface area (Å²) in [6.07, 6.45) is 0.708. The minimum absolute atomic E-state index is 0.0368. The van der Waals surface area contributed by atoms with Crippen molar-refractivity contribution in [2.75, 3.05) is 5.33 Å². The van der Waals surface area contributed by atoms with Crippen LogP contribution in [0.3, 0.4) is 0 Å². The van der Waals surface area contributed by atoms with Gasteiger partial charge in [0.1, 0.15) is 6.10 Å². The van der Waals surface area contributed by atoms with Gasteiger partial charge in [-0.2, -0.15) is 0 Å². The average molecular weight is 299 g/mol. The molecule has 0 unspecified atom stereocenters. The third-order valence-corrected chi connectivity index (χ3v) is 3.59. The molecule has 0 aliphatic carbocycles. The lowest BCUT2D eigenvalue weighted by Gasteiger charge is -2.14. The zero-order valence-corrected chi connectivity index (χ0v) is 11.2. The molecule has 1 aromatic rings. The van der Waals surface area contributed by atoms with Crippen LogP contribution in [0, 0.1) is 0 Å². The number of halogens is 1. The lowest BCUT2D eigenvalue weighted by Crippen LogP contribution is -2.24. The molecular formula is C13H15BrO3. The number of hydrogen-bond donors (Lipinski definition) is 0. The summed E-state index contributed by atoms with van der Waals surface area (Å²) < 4.78 is 11.1. The Balaban J connectivity index is 1.96. The highest BCUT2D eigenvalue weighted by molar-refractivity contribution is 9.09. The maximum Gasteiger partial charge on any atom is 0.338 e. The Bertz CT molecular complexity index is 380. The first-order valence-corrected chi connectivity index (χ1v) is 6.80. The van der Waals surface area contributed by atoms with Crippen molar-refractivity contribution in [3.8, 4) is 0 Å². The molecule has 92 valence electrons. The number of rotatable bonds is 3. The van der Waals surface area contributed by atoms with Crippen LogP contribution in [0.1, 0.15) is 23.7 Å². The summed E-state index contributed by atoms with van der Waals surface area (Å²) in [5, 5.41) is 0.775. The molecule has 1 aromatic carbocycles. The zero-order valence-electron chi connectivity index (χ0n) is 9.64. The van der Waals surface area contributed by atoms with Crippen LogP contribution in [0.15, 0.2) is 30.3 Å². The van der Waals surface area contributed by atoms with Crippen LogP contribution in [-0.2, 0) is 9.47 Å². The van der Waals surface area contributed by atoms with Gasteiger partial charge in [0.05, 0.1) is 17.8 Å². The summed E-state index contributed by atoms with van der Waals surface area (Å²) >= 11 is 3.38. The zero-order chi connectivity index (χ0) is 12.3. The first-order valence-electron chi connectivity index (χ1n) is 5.68. The number of hydrogen-bond acceptors (Lipinski definition) is 3. The Morgan fingerprint density at radius 1 is 1.47 bits per heavy atom. The topological polar surface area (TPSA) is 35.5 Å². The quantitative estimate of drug-likeness (QED) is 0.636. The number of alkyl halides is 1. The molecule has 1 heterocycles. The number of benzene rings is 1. The van der Waals surface area contributed by atoms with Gasteiger partial charge in [-0.25, -0.2) is 4.79 Å². The molecule has 0 spiro atoms. The molecule has 2 rings (SSSR count). The molecule has 1 fully saturated rings. The van der Waals surface area contributed by atoms with E-state index in [1.165, 1.54) is 0 Å². The first kappa shape index (κ1) is 12.6.